The summed E-state index contributed by atoms with van der Waals surface area (Å²) in [6, 6.07) is 20.1. The van der Waals surface area contributed by atoms with Crippen molar-refractivity contribution in [1.82, 2.24) is 10.6 Å². The summed E-state index contributed by atoms with van der Waals surface area (Å²) in [5, 5.41) is 17.7. The van der Waals surface area contributed by atoms with Crippen LogP contribution in [0.5, 0.6) is 11.5 Å². The van der Waals surface area contributed by atoms with Gasteiger partial charge in [-0.2, -0.15) is 0 Å². The molecule has 6 heteroatoms. The van der Waals surface area contributed by atoms with Gasteiger partial charge in [-0.15, -0.1) is 0 Å². The Morgan fingerprint density at radius 1 is 1.00 bits per heavy atom. The molecule has 1 aliphatic carbocycles. The normalized spacial score (nSPS) is 15.4. The van der Waals surface area contributed by atoms with Gasteiger partial charge in [-0.25, -0.2) is 0 Å². The van der Waals surface area contributed by atoms with Crippen molar-refractivity contribution in [1.29, 1.82) is 5.41 Å². The largest absolute Gasteiger partial charge is 0.457 e. The summed E-state index contributed by atoms with van der Waals surface area (Å²) in [5.74, 6) is 1.47. The van der Waals surface area contributed by atoms with Crippen molar-refractivity contribution in [2.24, 2.45) is 5.41 Å². The number of benzene rings is 3. The van der Waals surface area contributed by atoms with E-state index in [2.05, 4.69) is 35.0 Å². The monoisotopic (exact) mass is 512 g/mol. The van der Waals surface area contributed by atoms with Crippen LogP contribution in [0.4, 0.5) is 5.69 Å². The molecule has 1 amide bonds. The molecule has 1 spiro atoms. The lowest BCUT2D eigenvalue weighted by Crippen LogP contribution is -2.65. The topological polar surface area (TPSA) is 86.2 Å². The molecular weight excluding hydrogens is 472 g/mol. The van der Waals surface area contributed by atoms with Gasteiger partial charge < -0.3 is 26.1 Å². The average molecular weight is 513 g/mol. The third-order valence-electron chi connectivity index (χ3n) is 7.49. The van der Waals surface area contributed by atoms with Crippen LogP contribution in [0.25, 0.3) is 11.1 Å². The van der Waals surface area contributed by atoms with E-state index < -0.39 is 0 Å². The Balaban J connectivity index is 0.00000164. The molecule has 38 heavy (non-hydrogen) atoms. The summed E-state index contributed by atoms with van der Waals surface area (Å²) in [5.41, 5.74) is 6.57. The van der Waals surface area contributed by atoms with Gasteiger partial charge in [0.25, 0.3) is 5.91 Å². The van der Waals surface area contributed by atoms with Crippen LogP contribution in [0, 0.1) is 10.8 Å². The minimum atomic E-state index is 0.0339. The molecule has 0 aromatic heterocycles. The number of amides is 1. The van der Waals surface area contributed by atoms with E-state index in [1.165, 1.54) is 0 Å². The van der Waals surface area contributed by atoms with E-state index in [1.54, 1.807) is 6.92 Å². The third kappa shape index (κ3) is 5.76. The van der Waals surface area contributed by atoms with Gasteiger partial charge in [0.1, 0.15) is 11.5 Å². The van der Waals surface area contributed by atoms with E-state index in [1.807, 2.05) is 69.4 Å². The van der Waals surface area contributed by atoms with Crippen molar-refractivity contribution in [2.75, 3.05) is 25.5 Å². The van der Waals surface area contributed by atoms with Gasteiger partial charge in [0.15, 0.2) is 0 Å². The molecule has 3 aromatic rings. The summed E-state index contributed by atoms with van der Waals surface area (Å²) >= 11 is 0. The number of hydrogen-bond donors (Lipinski definition) is 4. The molecule has 0 radical (unpaired) electrons. The maximum atomic E-state index is 13.0. The number of ether oxygens (including phenoxy) is 1. The first-order valence-corrected chi connectivity index (χ1v) is 13.7. The fourth-order valence-electron chi connectivity index (χ4n) is 5.40. The number of carbonyl (C=O) groups excluding carboxylic acids is 1. The Morgan fingerprint density at radius 3 is 2.32 bits per heavy atom. The zero-order valence-electron chi connectivity index (χ0n) is 23.2. The summed E-state index contributed by atoms with van der Waals surface area (Å²) in [4.78, 5) is 13.0. The average Bonchev–Trinajstić information content (AvgIpc) is 2.90. The van der Waals surface area contributed by atoms with E-state index >= 15 is 0 Å². The van der Waals surface area contributed by atoms with E-state index in [9.17, 15) is 4.79 Å². The minimum absolute atomic E-state index is 0.0339. The predicted octanol–water partition coefficient (Wildman–Crippen LogP) is 6.65. The van der Waals surface area contributed by atoms with Crippen molar-refractivity contribution >= 4 is 17.3 Å². The molecule has 1 heterocycles. The van der Waals surface area contributed by atoms with Crippen LogP contribution in [0.15, 0.2) is 60.7 Å². The van der Waals surface area contributed by atoms with Gasteiger partial charge >= 0.3 is 0 Å². The first-order chi connectivity index (χ1) is 18.4. The second-order valence-corrected chi connectivity index (χ2v) is 10.1. The Hall–Kier alpha value is -3.64. The van der Waals surface area contributed by atoms with Crippen LogP contribution in [-0.2, 0) is 6.42 Å². The van der Waals surface area contributed by atoms with Gasteiger partial charge in [0.2, 0.25) is 0 Å². The molecule has 4 N–H and O–H groups in total. The molecule has 1 aliphatic heterocycles. The summed E-state index contributed by atoms with van der Waals surface area (Å²) in [6.45, 7) is 10.0. The van der Waals surface area contributed by atoms with Crippen LogP contribution in [0.2, 0.25) is 0 Å². The second kappa shape index (κ2) is 11.8. The van der Waals surface area contributed by atoms with E-state index in [4.69, 9.17) is 10.1 Å². The predicted molar refractivity (Wildman–Crippen MR) is 157 cm³/mol. The van der Waals surface area contributed by atoms with Crippen molar-refractivity contribution in [3.05, 3.63) is 77.4 Å². The zero-order valence-corrected chi connectivity index (χ0v) is 23.2. The molecule has 200 valence electrons. The highest BCUT2D eigenvalue weighted by Gasteiger charge is 2.48. The van der Waals surface area contributed by atoms with Gasteiger partial charge in [0, 0.05) is 54.8 Å². The van der Waals surface area contributed by atoms with Crippen molar-refractivity contribution in [3.63, 3.8) is 0 Å². The van der Waals surface area contributed by atoms with Gasteiger partial charge in [-0.05, 0) is 78.6 Å². The zero-order chi connectivity index (χ0) is 27.3. The maximum absolute atomic E-state index is 13.0. The van der Waals surface area contributed by atoms with Crippen LogP contribution < -0.4 is 20.7 Å². The molecular formula is C32H40N4O2. The van der Waals surface area contributed by atoms with Gasteiger partial charge in [0.05, 0.1) is 0 Å². The number of anilines is 1. The van der Waals surface area contributed by atoms with Crippen LogP contribution in [0.1, 0.15) is 62.0 Å². The third-order valence-corrected chi connectivity index (χ3v) is 7.49. The molecule has 2 fully saturated rings. The molecule has 0 unspecified atom stereocenters. The Kier molecular flexibility index (Phi) is 8.52. The molecule has 3 aromatic carbocycles. The molecule has 1 saturated heterocycles. The summed E-state index contributed by atoms with van der Waals surface area (Å²) in [6.07, 6.45) is 2.95. The summed E-state index contributed by atoms with van der Waals surface area (Å²) < 4.78 is 6.15. The lowest BCUT2D eigenvalue weighted by molar-refractivity contribution is 0.0232. The van der Waals surface area contributed by atoms with Crippen molar-refractivity contribution in [2.45, 2.75) is 53.0 Å². The maximum Gasteiger partial charge on any atom is 0.251 e. The molecule has 5 rings (SSSR count). The summed E-state index contributed by atoms with van der Waals surface area (Å²) in [7, 11) is 1.84. The van der Waals surface area contributed by atoms with Crippen molar-refractivity contribution < 1.29 is 9.53 Å². The smallest absolute Gasteiger partial charge is 0.251 e. The highest BCUT2D eigenvalue weighted by Crippen LogP contribution is 2.44. The molecule has 0 bridgehead atoms. The standard InChI is InChI=1S/C30H34N4O2.C2H6/c1-4-20-12-22(8-10-27(20)29(35)34-23-15-30(16-23)17-33-18-30)21-6-5-7-24(13-21)36-25-9-11-26(19(2)31)28(14-25)32-3;1-2/h5-14,23,31-33H,4,15-18H2,1-3H3,(H,34,35);1-2H3. The number of aryl methyl sites for hydroxylation is 1. The van der Waals surface area contributed by atoms with E-state index in [0.717, 1.165) is 71.6 Å². The molecule has 1 saturated carbocycles. The first-order valence-electron chi connectivity index (χ1n) is 13.7. The highest BCUT2D eigenvalue weighted by atomic mass is 16.5. The number of carbonyl (C=O) groups is 1. The van der Waals surface area contributed by atoms with E-state index in [-0.39, 0.29) is 5.91 Å². The van der Waals surface area contributed by atoms with Crippen LogP contribution in [0.3, 0.4) is 0 Å². The Bertz CT molecular complexity index is 1300. The quantitative estimate of drug-likeness (QED) is 0.255. The van der Waals surface area contributed by atoms with Crippen LogP contribution in [-0.4, -0.2) is 37.8 Å². The van der Waals surface area contributed by atoms with Crippen molar-refractivity contribution in [3.8, 4) is 22.6 Å². The highest BCUT2D eigenvalue weighted by molar-refractivity contribution is 6.01. The van der Waals surface area contributed by atoms with Gasteiger partial charge in [-0.1, -0.05) is 45.0 Å². The van der Waals surface area contributed by atoms with Gasteiger partial charge in [-0.3, -0.25) is 4.79 Å². The lowest BCUT2D eigenvalue weighted by Gasteiger charge is -2.54. The molecule has 2 aliphatic rings. The van der Waals surface area contributed by atoms with E-state index in [0.29, 0.717) is 22.9 Å². The first kappa shape index (κ1) is 27.4. The SMILES string of the molecule is CC.CCc1cc(-c2cccc(Oc3ccc(C(C)=N)c(NC)c3)c2)ccc1C(=O)NC1CC2(CNC2)C1. The molecule has 6 nitrogen and oxygen atoms in total. The molecule has 0 atom stereocenters. The number of hydrogen-bond acceptors (Lipinski definition) is 5. The fourth-order valence-corrected chi connectivity index (χ4v) is 5.40. The second-order valence-electron chi connectivity index (χ2n) is 10.1. The lowest BCUT2D eigenvalue weighted by atomic mass is 9.61. The number of rotatable bonds is 8. The number of nitrogens with one attached hydrogen (secondary N) is 4. The Labute approximate surface area is 226 Å². The Morgan fingerprint density at radius 2 is 1.68 bits per heavy atom. The van der Waals surface area contributed by atoms with Crippen LogP contribution >= 0.6 is 0 Å². The fraction of sp³-hybridized carbons (Fsp3) is 0.375. The minimum Gasteiger partial charge on any atom is -0.457 e.